The summed E-state index contributed by atoms with van der Waals surface area (Å²) in [6.45, 7) is 2.86. The fourth-order valence-electron chi connectivity index (χ4n) is 2.36. The molecule has 122 valence electrons. The molecule has 5 heteroatoms. The molecule has 0 aliphatic carbocycles. The molecule has 0 saturated carbocycles. The molecule has 0 aliphatic heterocycles. The first-order chi connectivity index (χ1) is 11.7. The number of halogens is 1. The summed E-state index contributed by atoms with van der Waals surface area (Å²) >= 11 is 5.90. The molecule has 0 saturated heterocycles. The van der Waals surface area contributed by atoms with E-state index in [9.17, 15) is 0 Å². The topological polar surface area (TPSA) is 49.8 Å². The highest BCUT2D eigenvalue weighted by molar-refractivity contribution is 6.30. The summed E-state index contributed by atoms with van der Waals surface area (Å²) < 4.78 is 0. The summed E-state index contributed by atoms with van der Waals surface area (Å²) in [4.78, 5) is 8.54. The Bertz CT molecular complexity index is 802. The summed E-state index contributed by atoms with van der Waals surface area (Å²) in [6.07, 6.45) is 2.47. The van der Waals surface area contributed by atoms with E-state index in [1.165, 1.54) is 11.1 Å². The number of hydrogen-bond donors (Lipinski definition) is 2. The second kappa shape index (κ2) is 7.79. The summed E-state index contributed by atoms with van der Waals surface area (Å²) in [7, 11) is 0. The zero-order valence-corrected chi connectivity index (χ0v) is 14.2. The Morgan fingerprint density at radius 1 is 0.958 bits per heavy atom. The molecule has 0 amide bonds. The van der Waals surface area contributed by atoms with Crippen LogP contribution in [0, 0.1) is 6.92 Å². The SMILES string of the molecule is Cc1ccccc1Nc1cc(NCCc2ccc(Cl)cc2)ncn1. The molecule has 0 fully saturated rings. The molecular weight excluding hydrogens is 320 g/mol. The fraction of sp³-hybridized carbons (Fsp3) is 0.158. The van der Waals surface area contributed by atoms with Gasteiger partial charge in [0, 0.05) is 23.3 Å². The van der Waals surface area contributed by atoms with Crippen LogP contribution in [0.3, 0.4) is 0 Å². The maximum absolute atomic E-state index is 5.90. The number of anilines is 3. The monoisotopic (exact) mass is 338 g/mol. The molecule has 0 spiro atoms. The quantitative estimate of drug-likeness (QED) is 0.675. The Labute approximate surface area is 146 Å². The van der Waals surface area contributed by atoms with Crippen LogP contribution in [0.15, 0.2) is 60.9 Å². The number of nitrogens with zero attached hydrogens (tertiary/aromatic N) is 2. The second-order valence-corrected chi connectivity index (χ2v) is 5.97. The van der Waals surface area contributed by atoms with Crippen LogP contribution in [0.5, 0.6) is 0 Å². The zero-order chi connectivity index (χ0) is 16.8. The highest BCUT2D eigenvalue weighted by Gasteiger charge is 2.02. The lowest BCUT2D eigenvalue weighted by atomic mass is 10.1. The van der Waals surface area contributed by atoms with Gasteiger partial charge < -0.3 is 10.6 Å². The minimum absolute atomic E-state index is 0.759. The average Bonchev–Trinajstić information content (AvgIpc) is 2.59. The van der Waals surface area contributed by atoms with Gasteiger partial charge in [0.25, 0.3) is 0 Å². The molecular formula is C19H19ClN4. The molecule has 0 bridgehead atoms. The number of hydrogen-bond acceptors (Lipinski definition) is 4. The Kier molecular flexibility index (Phi) is 5.29. The van der Waals surface area contributed by atoms with Crippen molar-refractivity contribution in [3.63, 3.8) is 0 Å². The largest absolute Gasteiger partial charge is 0.370 e. The maximum Gasteiger partial charge on any atom is 0.135 e. The van der Waals surface area contributed by atoms with Crippen molar-refractivity contribution in [2.45, 2.75) is 13.3 Å². The smallest absolute Gasteiger partial charge is 0.135 e. The van der Waals surface area contributed by atoms with Gasteiger partial charge in [-0.15, -0.1) is 0 Å². The van der Waals surface area contributed by atoms with Gasteiger partial charge in [-0.2, -0.15) is 0 Å². The first-order valence-corrected chi connectivity index (χ1v) is 8.21. The van der Waals surface area contributed by atoms with E-state index < -0.39 is 0 Å². The van der Waals surface area contributed by atoms with Crippen LogP contribution in [0.2, 0.25) is 5.02 Å². The second-order valence-electron chi connectivity index (χ2n) is 5.53. The lowest BCUT2D eigenvalue weighted by Crippen LogP contribution is -2.07. The molecule has 3 rings (SSSR count). The Morgan fingerprint density at radius 3 is 2.50 bits per heavy atom. The molecule has 3 aromatic rings. The van der Waals surface area contributed by atoms with Crippen molar-refractivity contribution < 1.29 is 0 Å². The van der Waals surface area contributed by atoms with Gasteiger partial charge in [-0.05, 0) is 42.7 Å². The Balaban J connectivity index is 1.59. The number of para-hydroxylation sites is 1. The first kappa shape index (κ1) is 16.3. The van der Waals surface area contributed by atoms with Crippen molar-refractivity contribution in [3.05, 3.63) is 77.1 Å². The molecule has 0 radical (unpaired) electrons. The van der Waals surface area contributed by atoms with Crippen molar-refractivity contribution >= 4 is 28.9 Å². The molecule has 4 nitrogen and oxygen atoms in total. The van der Waals surface area contributed by atoms with E-state index in [2.05, 4.69) is 33.6 Å². The third kappa shape index (κ3) is 4.46. The molecule has 0 aliphatic rings. The van der Waals surface area contributed by atoms with Crippen LogP contribution in [0.1, 0.15) is 11.1 Å². The van der Waals surface area contributed by atoms with Gasteiger partial charge in [-0.3, -0.25) is 0 Å². The Hall–Kier alpha value is -2.59. The third-order valence-electron chi connectivity index (χ3n) is 3.71. The predicted molar refractivity (Wildman–Crippen MR) is 100 cm³/mol. The average molecular weight is 339 g/mol. The lowest BCUT2D eigenvalue weighted by Gasteiger charge is -2.10. The number of aryl methyl sites for hydroxylation is 1. The molecule has 24 heavy (non-hydrogen) atoms. The number of aromatic nitrogens is 2. The van der Waals surface area contributed by atoms with Crippen molar-refractivity contribution in [2.75, 3.05) is 17.2 Å². The van der Waals surface area contributed by atoms with Crippen molar-refractivity contribution in [3.8, 4) is 0 Å². The minimum atomic E-state index is 0.759. The van der Waals surface area contributed by atoms with Crippen molar-refractivity contribution in [2.24, 2.45) is 0 Å². The van der Waals surface area contributed by atoms with Crippen LogP contribution in [0.25, 0.3) is 0 Å². The maximum atomic E-state index is 5.90. The van der Waals surface area contributed by atoms with Gasteiger partial charge >= 0.3 is 0 Å². The van der Waals surface area contributed by atoms with Gasteiger partial charge in [0.05, 0.1) is 0 Å². The summed E-state index contributed by atoms with van der Waals surface area (Å²) in [5.74, 6) is 1.57. The minimum Gasteiger partial charge on any atom is -0.370 e. The third-order valence-corrected chi connectivity index (χ3v) is 3.96. The van der Waals surface area contributed by atoms with Crippen LogP contribution in [0.4, 0.5) is 17.3 Å². The van der Waals surface area contributed by atoms with E-state index in [0.29, 0.717) is 0 Å². The highest BCUT2D eigenvalue weighted by atomic mass is 35.5. The van der Waals surface area contributed by atoms with Gasteiger partial charge in [0.15, 0.2) is 0 Å². The fourth-order valence-corrected chi connectivity index (χ4v) is 2.49. The lowest BCUT2D eigenvalue weighted by molar-refractivity contribution is 1.000. The molecule has 2 aromatic carbocycles. The van der Waals surface area contributed by atoms with E-state index in [-0.39, 0.29) is 0 Å². The summed E-state index contributed by atoms with van der Waals surface area (Å²) in [6, 6.07) is 17.9. The van der Waals surface area contributed by atoms with Gasteiger partial charge in [-0.1, -0.05) is 41.9 Å². The van der Waals surface area contributed by atoms with Crippen LogP contribution >= 0.6 is 11.6 Å². The summed E-state index contributed by atoms with van der Waals surface area (Å²) in [5, 5.41) is 7.40. The van der Waals surface area contributed by atoms with Crippen molar-refractivity contribution in [1.29, 1.82) is 0 Å². The van der Waals surface area contributed by atoms with Gasteiger partial charge in [0.1, 0.15) is 18.0 Å². The van der Waals surface area contributed by atoms with E-state index >= 15 is 0 Å². The molecule has 1 heterocycles. The van der Waals surface area contributed by atoms with Crippen LogP contribution < -0.4 is 10.6 Å². The number of nitrogens with one attached hydrogen (secondary N) is 2. The highest BCUT2D eigenvalue weighted by Crippen LogP contribution is 2.19. The molecule has 2 N–H and O–H groups in total. The zero-order valence-electron chi connectivity index (χ0n) is 13.5. The normalized spacial score (nSPS) is 10.4. The first-order valence-electron chi connectivity index (χ1n) is 7.84. The van der Waals surface area contributed by atoms with Gasteiger partial charge in [-0.25, -0.2) is 9.97 Å². The Morgan fingerprint density at radius 2 is 1.71 bits per heavy atom. The summed E-state index contributed by atoms with van der Waals surface area (Å²) in [5.41, 5.74) is 3.45. The van der Waals surface area contributed by atoms with Crippen LogP contribution in [-0.4, -0.2) is 16.5 Å². The van der Waals surface area contributed by atoms with E-state index in [4.69, 9.17) is 11.6 Å². The van der Waals surface area contributed by atoms with Crippen LogP contribution in [-0.2, 0) is 6.42 Å². The van der Waals surface area contributed by atoms with E-state index in [1.54, 1.807) is 6.33 Å². The van der Waals surface area contributed by atoms with E-state index in [0.717, 1.165) is 35.3 Å². The number of benzene rings is 2. The standard InChI is InChI=1S/C19H19ClN4/c1-14-4-2-3-5-17(14)24-19-12-18(22-13-23-19)21-11-10-15-6-8-16(20)9-7-15/h2-9,12-13H,10-11H2,1H3,(H2,21,22,23,24). The molecule has 1 aromatic heterocycles. The predicted octanol–water partition coefficient (Wildman–Crippen LogP) is 4.84. The molecule has 0 unspecified atom stereocenters. The van der Waals surface area contributed by atoms with Gasteiger partial charge in [0.2, 0.25) is 0 Å². The molecule has 0 atom stereocenters. The van der Waals surface area contributed by atoms with Crippen molar-refractivity contribution in [1.82, 2.24) is 9.97 Å². The number of rotatable bonds is 6. The van der Waals surface area contributed by atoms with E-state index in [1.807, 2.05) is 48.5 Å².